The van der Waals surface area contributed by atoms with Crippen LogP contribution in [0.2, 0.25) is 0 Å². The van der Waals surface area contributed by atoms with E-state index in [9.17, 15) is 0 Å². The van der Waals surface area contributed by atoms with Gasteiger partial charge in [0.1, 0.15) is 0 Å². The summed E-state index contributed by atoms with van der Waals surface area (Å²) in [5.74, 6) is 0. The summed E-state index contributed by atoms with van der Waals surface area (Å²) in [5.41, 5.74) is 1.40. The number of benzene rings is 1. The molecule has 0 aliphatic carbocycles. The highest BCUT2D eigenvalue weighted by atomic mass is 16.5. The predicted octanol–water partition coefficient (Wildman–Crippen LogP) is 3.25. The van der Waals surface area contributed by atoms with Crippen molar-refractivity contribution in [2.75, 3.05) is 13.2 Å². The third-order valence-corrected chi connectivity index (χ3v) is 2.14. The van der Waals surface area contributed by atoms with E-state index in [0.29, 0.717) is 0 Å². The van der Waals surface area contributed by atoms with Crippen LogP contribution in [0.1, 0.15) is 24.8 Å². The van der Waals surface area contributed by atoms with Crippen molar-refractivity contribution >= 4 is 0 Å². The van der Waals surface area contributed by atoms with Crippen LogP contribution in [-0.2, 0) is 11.2 Å². The van der Waals surface area contributed by atoms with Gasteiger partial charge in [-0.15, -0.1) is 0 Å². The Morgan fingerprint density at radius 3 is 2.43 bits per heavy atom. The van der Waals surface area contributed by atoms with Crippen molar-refractivity contribution in [1.82, 2.24) is 0 Å². The fraction of sp³-hybridized carbons (Fsp3) is 0.462. The minimum Gasteiger partial charge on any atom is -0.381 e. The van der Waals surface area contributed by atoms with Crippen LogP contribution in [0.15, 0.2) is 30.3 Å². The second-order valence-electron chi connectivity index (χ2n) is 3.41. The Bertz CT molecular complexity index is 218. The molecule has 14 heavy (non-hydrogen) atoms. The lowest BCUT2D eigenvalue weighted by Gasteiger charge is -2.03. The lowest BCUT2D eigenvalue weighted by Crippen LogP contribution is -1.98. The third-order valence-electron chi connectivity index (χ3n) is 2.14. The molecule has 0 unspecified atom stereocenters. The van der Waals surface area contributed by atoms with Gasteiger partial charge >= 0.3 is 0 Å². The molecular weight excluding hydrogens is 172 g/mol. The standard InChI is InChI=1S/C13H19O/c1-2-3-11-14-12-7-10-13-8-5-4-6-9-13/h4-6,8-9H,1-3,7,10-12H2. The molecule has 0 saturated heterocycles. The molecule has 0 fully saturated rings. The van der Waals surface area contributed by atoms with E-state index in [1.807, 2.05) is 6.07 Å². The van der Waals surface area contributed by atoms with Gasteiger partial charge in [0.15, 0.2) is 0 Å². The van der Waals surface area contributed by atoms with Crippen LogP contribution in [0.4, 0.5) is 0 Å². The topological polar surface area (TPSA) is 9.23 Å². The lowest BCUT2D eigenvalue weighted by molar-refractivity contribution is 0.130. The maximum absolute atomic E-state index is 5.46. The first kappa shape index (κ1) is 11.3. The van der Waals surface area contributed by atoms with Crippen molar-refractivity contribution in [3.05, 3.63) is 42.8 Å². The summed E-state index contributed by atoms with van der Waals surface area (Å²) >= 11 is 0. The smallest absolute Gasteiger partial charge is 0.0469 e. The minimum atomic E-state index is 0.859. The van der Waals surface area contributed by atoms with E-state index in [-0.39, 0.29) is 0 Å². The fourth-order valence-electron chi connectivity index (χ4n) is 1.33. The van der Waals surface area contributed by atoms with Crippen LogP contribution in [0.5, 0.6) is 0 Å². The predicted molar refractivity (Wildman–Crippen MR) is 60.2 cm³/mol. The molecule has 0 heterocycles. The number of aryl methyl sites for hydroxylation is 1. The maximum Gasteiger partial charge on any atom is 0.0469 e. The molecule has 0 aliphatic rings. The zero-order valence-electron chi connectivity index (χ0n) is 8.74. The SMILES string of the molecule is [CH2]CCCOCCCc1ccccc1. The van der Waals surface area contributed by atoms with Gasteiger partial charge in [0.05, 0.1) is 0 Å². The molecule has 1 heteroatoms. The Labute approximate surface area is 87.1 Å². The van der Waals surface area contributed by atoms with Gasteiger partial charge in [-0.05, 0) is 24.8 Å². The molecule has 0 atom stereocenters. The summed E-state index contributed by atoms with van der Waals surface area (Å²) < 4.78 is 5.46. The Morgan fingerprint density at radius 2 is 1.71 bits per heavy atom. The molecule has 1 rings (SSSR count). The van der Waals surface area contributed by atoms with Crippen LogP contribution < -0.4 is 0 Å². The van der Waals surface area contributed by atoms with Crippen LogP contribution in [-0.4, -0.2) is 13.2 Å². The number of ether oxygens (including phenoxy) is 1. The molecule has 0 amide bonds. The van der Waals surface area contributed by atoms with Crippen molar-refractivity contribution in [2.24, 2.45) is 0 Å². The van der Waals surface area contributed by atoms with E-state index in [1.54, 1.807) is 0 Å². The van der Waals surface area contributed by atoms with Gasteiger partial charge in [-0.3, -0.25) is 0 Å². The van der Waals surface area contributed by atoms with Crippen LogP contribution in [0.3, 0.4) is 0 Å². The molecule has 1 aromatic rings. The number of rotatable bonds is 7. The number of unbranched alkanes of at least 4 members (excludes halogenated alkanes) is 1. The van der Waals surface area contributed by atoms with Crippen LogP contribution >= 0.6 is 0 Å². The second kappa shape index (κ2) is 7.57. The van der Waals surface area contributed by atoms with Crippen molar-refractivity contribution in [2.45, 2.75) is 25.7 Å². The van der Waals surface area contributed by atoms with Crippen molar-refractivity contribution in [3.63, 3.8) is 0 Å². The van der Waals surface area contributed by atoms with E-state index in [4.69, 9.17) is 4.74 Å². The molecule has 0 spiro atoms. The monoisotopic (exact) mass is 191 g/mol. The highest BCUT2D eigenvalue weighted by Crippen LogP contribution is 2.02. The van der Waals surface area contributed by atoms with Crippen molar-refractivity contribution in [1.29, 1.82) is 0 Å². The van der Waals surface area contributed by atoms with Crippen molar-refractivity contribution < 1.29 is 4.74 Å². The summed E-state index contributed by atoms with van der Waals surface area (Å²) in [6.45, 7) is 5.50. The maximum atomic E-state index is 5.46. The Balaban J connectivity index is 1.99. The third kappa shape index (κ3) is 5.03. The first-order valence-electron chi connectivity index (χ1n) is 5.34. The quantitative estimate of drug-likeness (QED) is 0.601. The molecule has 1 radical (unpaired) electrons. The van der Waals surface area contributed by atoms with Gasteiger partial charge in [0, 0.05) is 13.2 Å². The van der Waals surface area contributed by atoms with E-state index in [1.165, 1.54) is 5.56 Å². The average Bonchev–Trinajstić information content (AvgIpc) is 2.25. The first-order valence-corrected chi connectivity index (χ1v) is 5.34. The molecule has 0 bridgehead atoms. The second-order valence-corrected chi connectivity index (χ2v) is 3.41. The summed E-state index contributed by atoms with van der Waals surface area (Å²) in [7, 11) is 0. The Kier molecular flexibility index (Phi) is 6.09. The zero-order chi connectivity index (χ0) is 10.1. The largest absolute Gasteiger partial charge is 0.381 e. The molecule has 0 aliphatic heterocycles. The molecule has 0 aromatic heterocycles. The van der Waals surface area contributed by atoms with Crippen LogP contribution in [0, 0.1) is 6.92 Å². The zero-order valence-corrected chi connectivity index (χ0v) is 8.74. The molecule has 1 nitrogen and oxygen atoms in total. The van der Waals surface area contributed by atoms with Gasteiger partial charge in [0.2, 0.25) is 0 Å². The van der Waals surface area contributed by atoms with Gasteiger partial charge in [-0.25, -0.2) is 0 Å². The number of hydrogen-bond donors (Lipinski definition) is 0. The molecule has 0 saturated carbocycles. The highest BCUT2D eigenvalue weighted by Gasteiger charge is 1.92. The molecule has 0 N–H and O–H groups in total. The highest BCUT2D eigenvalue weighted by molar-refractivity contribution is 5.14. The number of hydrogen-bond acceptors (Lipinski definition) is 1. The van der Waals surface area contributed by atoms with Crippen molar-refractivity contribution in [3.8, 4) is 0 Å². The molecule has 77 valence electrons. The Hall–Kier alpha value is -0.820. The Morgan fingerprint density at radius 1 is 1.00 bits per heavy atom. The normalized spacial score (nSPS) is 10.4. The van der Waals surface area contributed by atoms with E-state index in [0.717, 1.165) is 38.9 Å². The van der Waals surface area contributed by atoms with Gasteiger partial charge < -0.3 is 4.74 Å². The van der Waals surface area contributed by atoms with Gasteiger partial charge in [-0.2, -0.15) is 0 Å². The lowest BCUT2D eigenvalue weighted by atomic mass is 10.1. The molecule has 1 aromatic carbocycles. The van der Waals surface area contributed by atoms with Crippen LogP contribution in [0.25, 0.3) is 0 Å². The van der Waals surface area contributed by atoms with E-state index < -0.39 is 0 Å². The van der Waals surface area contributed by atoms with E-state index in [2.05, 4.69) is 31.2 Å². The summed E-state index contributed by atoms with van der Waals surface area (Å²) in [6.07, 6.45) is 4.27. The summed E-state index contributed by atoms with van der Waals surface area (Å²) in [5, 5.41) is 0. The molecular formula is C13H19O. The summed E-state index contributed by atoms with van der Waals surface area (Å²) in [6, 6.07) is 10.5. The van der Waals surface area contributed by atoms with Gasteiger partial charge in [-0.1, -0.05) is 43.7 Å². The van der Waals surface area contributed by atoms with Gasteiger partial charge in [0.25, 0.3) is 0 Å². The fourth-order valence-corrected chi connectivity index (χ4v) is 1.33. The summed E-state index contributed by atoms with van der Waals surface area (Å²) in [4.78, 5) is 0. The first-order chi connectivity index (χ1) is 6.93. The van der Waals surface area contributed by atoms with E-state index >= 15 is 0 Å². The average molecular weight is 191 g/mol. The minimum absolute atomic E-state index is 0.859.